The first-order valence-corrected chi connectivity index (χ1v) is 5.73. The van der Waals surface area contributed by atoms with Crippen molar-refractivity contribution >= 4 is 34.2 Å². The third kappa shape index (κ3) is 3.34. The second-order valence-corrected chi connectivity index (χ2v) is 3.50. The molecule has 1 N–H and O–H groups in total. The van der Waals surface area contributed by atoms with Crippen LogP contribution >= 0.6 is 22.6 Å². The molecule has 1 aromatic rings. The second kappa shape index (κ2) is 5.21. The van der Waals surface area contributed by atoms with E-state index in [1.807, 2.05) is 46.9 Å². The second-order valence-electron chi connectivity index (χ2n) is 2.73. The lowest BCUT2D eigenvalue weighted by Gasteiger charge is -2.03. The zero-order valence-electron chi connectivity index (χ0n) is 7.51. The van der Waals surface area contributed by atoms with Gasteiger partial charge in [0, 0.05) is 5.69 Å². The maximum Gasteiger partial charge on any atom is 0.234 e. The van der Waals surface area contributed by atoms with Crippen molar-refractivity contribution in [2.75, 3.05) is 9.74 Å². The maximum atomic E-state index is 11.0. The summed E-state index contributed by atoms with van der Waals surface area (Å²) in [5.74, 6) is 0.0462. The highest BCUT2D eigenvalue weighted by molar-refractivity contribution is 14.1. The van der Waals surface area contributed by atoms with E-state index in [0.717, 1.165) is 12.1 Å². The number of hydrogen-bond acceptors (Lipinski definition) is 1. The summed E-state index contributed by atoms with van der Waals surface area (Å²) in [6.45, 7) is 2.11. The average molecular weight is 289 g/mol. The summed E-state index contributed by atoms with van der Waals surface area (Å²) in [7, 11) is 0. The molecule has 70 valence electrons. The molecule has 13 heavy (non-hydrogen) atoms. The molecule has 0 saturated heterocycles. The van der Waals surface area contributed by atoms with Gasteiger partial charge in [0.25, 0.3) is 0 Å². The van der Waals surface area contributed by atoms with Crippen molar-refractivity contribution in [1.82, 2.24) is 0 Å². The van der Waals surface area contributed by atoms with Crippen molar-refractivity contribution in [3.8, 4) is 0 Å². The Kier molecular flexibility index (Phi) is 4.21. The Labute approximate surface area is 91.9 Å². The minimum atomic E-state index is 0.0462. The van der Waals surface area contributed by atoms with Crippen LogP contribution in [0.25, 0.3) is 0 Å². The highest BCUT2D eigenvalue weighted by atomic mass is 127. The maximum absolute atomic E-state index is 11.0. The molecule has 0 radical (unpaired) electrons. The van der Waals surface area contributed by atoms with Gasteiger partial charge in [0.05, 0.1) is 4.43 Å². The van der Waals surface area contributed by atoms with Crippen LogP contribution in [0.2, 0.25) is 0 Å². The summed E-state index contributed by atoms with van der Waals surface area (Å²) in [6.07, 6.45) is 1.03. The molecule has 0 bridgehead atoms. The normalized spacial score (nSPS) is 9.69. The van der Waals surface area contributed by atoms with Gasteiger partial charge in [-0.15, -0.1) is 0 Å². The van der Waals surface area contributed by atoms with Crippen LogP contribution < -0.4 is 5.32 Å². The number of nitrogens with one attached hydrogen (secondary N) is 1. The van der Waals surface area contributed by atoms with E-state index in [4.69, 9.17) is 0 Å². The van der Waals surface area contributed by atoms with E-state index in [-0.39, 0.29) is 5.91 Å². The Bertz CT molecular complexity index is 281. The number of benzene rings is 1. The quantitative estimate of drug-likeness (QED) is 0.672. The fourth-order valence-electron chi connectivity index (χ4n) is 1.02. The van der Waals surface area contributed by atoms with Crippen molar-refractivity contribution in [2.24, 2.45) is 0 Å². The Hall–Kier alpha value is -0.580. The molecule has 1 rings (SSSR count). The van der Waals surface area contributed by atoms with Crippen molar-refractivity contribution in [2.45, 2.75) is 13.3 Å². The predicted molar refractivity (Wildman–Crippen MR) is 63.3 cm³/mol. The lowest BCUT2D eigenvalue weighted by molar-refractivity contribution is -0.113. The zero-order valence-corrected chi connectivity index (χ0v) is 9.67. The topological polar surface area (TPSA) is 29.1 Å². The van der Waals surface area contributed by atoms with Crippen LogP contribution in [-0.2, 0) is 11.2 Å². The summed E-state index contributed by atoms with van der Waals surface area (Å²) in [6, 6.07) is 7.93. The van der Waals surface area contributed by atoms with Gasteiger partial charge < -0.3 is 5.32 Å². The highest BCUT2D eigenvalue weighted by Gasteiger charge is 1.98. The van der Waals surface area contributed by atoms with Gasteiger partial charge in [-0.2, -0.15) is 0 Å². The Balaban J connectivity index is 2.64. The molecule has 0 atom stereocenters. The van der Waals surface area contributed by atoms with E-state index in [1.54, 1.807) is 0 Å². The van der Waals surface area contributed by atoms with Crippen LogP contribution in [0.3, 0.4) is 0 Å². The molecular formula is C10H12INO. The van der Waals surface area contributed by atoms with Crippen LogP contribution in [0, 0.1) is 0 Å². The number of carbonyl (C=O) groups is 1. The SMILES string of the molecule is CCc1ccc(NC(=O)CI)cc1. The first kappa shape index (κ1) is 10.5. The lowest BCUT2D eigenvalue weighted by atomic mass is 10.1. The molecule has 0 saturated carbocycles. The van der Waals surface area contributed by atoms with Crippen LogP contribution in [0.15, 0.2) is 24.3 Å². The molecule has 0 fully saturated rings. The summed E-state index contributed by atoms with van der Waals surface area (Å²) in [5, 5.41) is 2.80. The number of alkyl halides is 1. The molecule has 0 heterocycles. The molecule has 0 spiro atoms. The molecule has 1 amide bonds. The Morgan fingerprint density at radius 2 is 2.00 bits per heavy atom. The summed E-state index contributed by atoms with van der Waals surface area (Å²) in [4.78, 5) is 11.0. The van der Waals surface area contributed by atoms with Gasteiger partial charge in [0.2, 0.25) is 5.91 Å². The van der Waals surface area contributed by atoms with E-state index in [2.05, 4.69) is 12.2 Å². The van der Waals surface area contributed by atoms with Crippen LogP contribution in [0.5, 0.6) is 0 Å². The lowest BCUT2D eigenvalue weighted by Crippen LogP contribution is -2.11. The third-order valence-corrected chi connectivity index (χ3v) is 2.46. The largest absolute Gasteiger partial charge is 0.325 e. The van der Waals surface area contributed by atoms with Crippen LogP contribution in [0.1, 0.15) is 12.5 Å². The van der Waals surface area contributed by atoms with Crippen molar-refractivity contribution in [3.63, 3.8) is 0 Å². The minimum Gasteiger partial charge on any atom is -0.325 e. The Morgan fingerprint density at radius 3 is 2.46 bits per heavy atom. The molecule has 0 aromatic heterocycles. The van der Waals surface area contributed by atoms with E-state index >= 15 is 0 Å². The van der Waals surface area contributed by atoms with Gasteiger partial charge in [0.15, 0.2) is 0 Å². The number of aryl methyl sites for hydroxylation is 1. The Morgan fingerprint density at radius 1 is 1.38 bits per heavy atom. The number of amides is 1. The van der Waals surface area contributed by atoms with Gasteiger partial charge in [0.1, 0.15) is 0 Å². The fourth-order valence-corrected chi connectivity index (χ4v) is 1.21. The molecule has 0 aliphatic heterocycles. The number of rotatable bonds is 3. The summed E-state index contributed by atoms with van der Waals surface area (Å²) < 4.78 is 0.493. The van der Waals surface area contributed by atoms with Crippen LogP contribution in [0.4, 0.5) is 5.69 Å². The number of halogens is 1. The van der Waals surface area contributed by atoms with E-state index in [9.17, 15) is 4.79 Å². The number of carbonyl (C=O) groups excluding carboxylic acids is 1. The molecule has 3 heteroatoms. The smallest absolute Gasteiger partial charge is 0.234 e. The first-order chi connectivity index (χ1) is 6.26. The summed E-state index contributed by atoms with van der Waals surface area (Å²) in [5.41, 5.74) is 2.16. The van der Waals surface area contributed by atoms with Gasteiger partial charge in [-0.05, 0) is 24.1 Å². The van der Waals surface area contributed by atoms with Crippen molar-refractivity contribution < 1.29 is 4.79 Å². The van der Waals surface area contributed by atoms with E-state index in [0.29, 0.717) is 4.43 Å². The zero-order chi connectivity index (χ0) is 9.68. The van der Waals surface area contributed by atoms with Crippen molar-refractivity contribution in [1.29, 1.82) is 0 Å². The minimum absolute atomic E-state index is 0.0462. The molecule has 0 aliphatic carbocycles. The van der Waals surface area contributed by atoms with E-state index < -0.39 is 0 Å². The van der Waals surface area contributed by atoms with Crippen LogP contribution in [-0.4, -0.2) is 10.3 Å². The van der Waals surface area contributed by atoms with Gasteiger partial charge in [-0.1, -0.05) is 41.6 Å². The van der Waals surface area contributed by atoms with Gasteiger partial charge in [-0.3, -0.25) is 4.79 Å². The number of anilines is 1. The van der Waals surface area contributed by atoms with Gasteiger partial charge >= 0.3 is 0 Å². The summed E-state index contributed by atoms with van der Waals surface area (Å²) >= 11 is 2.04. The van der Waals surface area contributed by atoms with E-state index in [1.165, 1.54) is 5.56 Å². The van der Waals surface area contributed by atoms with Gasteiger partial charge in [-0.25, -0.2) is 0 Å². The molecule has 0 aliphatic rings. The molecule has 2 nitrogen and oxygen atoms in total. The first-order valence-electron chi connectivity index (χ1n) is 4.21. The third-order valence-electron chi connectivity index (χ3n) is 1.77. The molecule has 1 aromatic carbocycles. The number of hydrogen-bond donors (Lipinski definition) is 1. The monoisotopic (exact) mass is 289 g/mol. The fraction of sp³-hybridized carbons (Fsp3) is 0.300. The predicted octanol–water partition coefficient (Wildman–Crippen LogP) is 2.62. The standard InChI is InChI=1S/C10H12INO/c1-2-8-3-5-9(6-4-8)12-10(13)7-11/h3-6H,2,7H2,1H3,(H,12,13). The molecular weight excluding hydrogens is 277 g/mol. The molecule has 0 unspecified atom stereocenters. The average Bonchev–Trinajstić information content (AvgIpc) is 2.19. The van der Waals surface area contributed by atoms with Crippen molar-refractivity contribution in [3.05, 3.63) is 29.8 Å². The highest BCUT2D eigenvalue weighted by Crippen LogP contribution is 2.09.